The molecule has 0 unspecified atom stereocenters. The topological polar surface area (TPSA) is 94.8 Å². The number of alkyl carbamates (subject to hydrolysis) is 1. The molecule has 0 aliphatic heterocycles. The lowest BCUT2D eigenvalue weighted by molar-refractivity contribution is -0.136. The van der Waals surface area contributed by atoms with Gasteiger partial charge in [0.2, 0.25) is 0 Å². The molecule has 1 heterocycles. The van der Waals surface area contributed by atoms with Crippen molar-refractivity contribution in [3.8, 4) is 5.75 Å². The highest BCUT2D eigenvalue weighted by atomic mass is 16.6. The lowest BCUT2D eigenvalue weighted by Crippen LogP contribution is -2.41. The van der Waals surface area contributed by atoms with Crippen LogP contribution < -0.4 is 15.7 Å². The molecule has 2 aromatic carbocycles. The van der Waals surface area contributed by atoms with E-state index in [0.29, 0.717) is 5.58 Å². The monoisotopic (exact) mass is 407 g/mol. The Morgan fingerprint density at radius 1 is 1.10 bits per heavy atom. The molecule has 154 valence electrons. The van der Waals surface area contributed by atoms with Crippen molar-refractivity contribution in [1.82, 2.24) is 5.32 Å². The molecule has 1 aromatic heterocycles. The van der Waals surface area contributed by atoms with Gasteiger partial charge in [-0.3, -0.25) is 0 Å². The van der Waals surface area contributed by atoms with Gasteiger partial charge in [-0.25, -0.2) is 14.4 Å². The third kappa shape index (κ3) is 4.20. The number of ether oxygens (including phenoxy) is 2. The van der Waals surface area contributed by atoms with Gasteiger partial charge in [-0.05, 0) is 49.4 Å². The molecular weight excluding hydrogens is 386 g/mol. The molecule has 1 aliphatic rings. The second kappa shape index (κ2) is 8.41. The second-order valence-corrected chi connectivity index (χ2v) is 7.21. The van der Waals surface area contributed by atoms with E-state index < -0.39 is 18.1 Å². The zero-order valence-corrected chi connectivity index (χ0v) is 16.5. The third-order valence-electron chi connectivity index (χ3n) is 5.06. The lowest BCUT2D eigenvalue weighted by Gasteiger charge is -2.14. The van der Waals surface area contributed by atoms with Crippen molar-refractivity contribution in [2.75, 3.05) is 0 Å². The zero-order chi connectivity index (χ0) is 21.1. The van der Waals surface area contributed by atoms with Crippen molar-refractivity contribution in [3.63, 3.8) is 0 Å². The van der Waals surface area contributed by atoms with E-state index in [1.807, 2.05) is 30.3 Å². The quantitative estimate of drug-likeness (QED) is 0.395. The van der Waals surface area contributed by atoms with Crippen molar-refractivity contribution >= 4 is 23.0 Å². The van der Waals surface area contributed by atoms with Crippen LogP contribution in [0.2, 0.25) is 0 Å². The van der Waals surface area contributed by atoms with E-state index in [1.165, 1.54) is 13.0 Å². The molecule has 0 radical (unpaired) electrons. The third-order valence-corrected chi connectivity index (χ3v) is 5.06. The summed E-state index contributed by atoms with van der Waals surface area (Å²) in [6.07, 6.45) is 1.78. The van der Waals surface area contributed by atoms with Crippen LogP contribution in [0, 0.1) is 0 Å². The summed E-state index contributed by atoms with van der Waals surface area (Å²) in [5, 5.41) is 3.30. The number of hydrogen-bond donors (Lipinski definition) is 1. The molecule has 3 aromatic rings. The van der Waals surface area contributed by atoms with Gasteiger partial charge in [0.05, 0.1) is 0 Å². The molecule has 30 heavy (non-hydrogen) atoms. The van der Waals surface area contributed by atoms with Gasteiger partial charge in [0.15, 0.2) is 0 Å². The van der Waals surface area contributed by atoms with Crippen molar-refractivity contribution in [2.45, 2.75) is 38.8 Å². The normalized spacial score (nSPS) is 13.5. The van der Waals surface area contributed by atoms with E-state index in [-0.39, 0.29) is 18.0 Å². The Morgan fingerprint density at radius 2 is 1.87 bits per heavy atom. The molecule has 1 atom stereocenters. The first-order valence-corrected chi connectivity index (χ1v) is 9.79. The first-order chi connectivity index (χ1) is 14.5. The maximum atomic E-state index is 12.3. The van der Waals surface area contributed by atoms with E-state index in [9.17, 15) is 14.4 Å². The number of amides is 1. The fraction of sp³-hybridized carbons (Fsp3) is 0.261. The van der Waals surface area contributed by atoms with E-state index in [0.717, 1.165) is 41.3 Å². The Labute approximate surface area is 172 Å². The number of fused-ring (bicyclic) bond motifs is 3. The van der Waals surface area contributed by atoms with E-state index in [1.54, 1.807) is 12.1 Å². The van der Waals surface area contributed by atoms with Crippen LogP contribution >= 0.6 is 0 Å². The summed E-state index contributed by atoms with van der Waals surface area (Å²) < 4.78 is 15.8. The highest BCUT2D eigenvalue weighted by Crippen LogP contribution is 2.29. The van der Waals surface area contributed by atoms with E-state index >= 15 is 0 Å². The minimum absolute atomic E-state index is 0.0997. The fourth-order valence-corrected chi connectivity index (χ4v) is 3.53. The Kier molecular flexibility index (Phi) is 5.52. The van der Waals surface area contributed by atoms with Gasteiger partial charge in [-0.2, -0.15) is 0 Å². The zero-order valence-electron chi connectivity index (χ0n) is 16.5. The SMILES string of the molecule is C[C@H](NC(=O)OCc1ccccc1)C(=O)Oc1ccc2c3c(c(=O)oc2c1)CCC3. The van der Waals surface area contributed by atoms with E-state index in [2.05, 4.69) is 5.32 Å². The molecule has 1 aliphatic carbocycles. The number of carbonyl (C=O) groups excluding carboxylic acids is 2. The average Bonchev–Trinajstić information content (AvgIpc) is 3.24. The summed E-state index contributed by atoms with van der Waals surface area (Å²) in [4.78, 5) is 36.4. The molecule has 4 rings (SSSR count). The maximum absolute atomic E-state index is 12.3. The van der Waals surface area contributed by atoms with Gasteiger partial charge in [0.1, 0.15) is 24.0 Å². The number of nitrogens with one attached hydrogen (secondary N) is 1. The summed E-state index contributed by atoms with van der Waals surface area (Å²) in [6.45, 7) is 1.60. The second-order valence-electron chi connectivity index (χ2n) is 7.21. The van der Waals surface area contributed by atoms with Crippen molar-refractivity contribution in [1.29, 1.82) is 0 Å². The standard InChI is InChI=1S/C23H21NO6/c1-14(24-23(27)28-13-15-6-3-2-4-7-15)21(25)29-16-10-11-18-17-8-5-9-19(17)22(26)30-20(18)12-16/h2-4,6-7,10-12,14H,5,8-9,13H2,1H3,(H,24,27)/t14-/m0/s1. The van der Waals surface area contributed by atoms with Crippen LogP contribution in [-0.2, 0) is 29.0 Å². The van der Waals surface area contributed by atoms with Crippen LogP contribution in [0.3, 0.4) is 0 Å². The molecular formula is C23H21NO6. The summed E-state index contributed by atoms with van der Waals surface area (Å²) in [5.74, 6) is -0.422. The molecule has 0 fully saturated rings. The fourth-order valence-electron chi connectivity index (χ4n) is 3.53. The molecule has 0 bridgehead atoms. The van der Waals surface area contributed by atoms with Crippen molar-refractivity contribution < 1.29 is 23.5 Å². The molecule has 7 nitrogen and oxygen atoms in total. The summed E-state index contributed by atoms with van der Waals surface area (Å²) in [5.41, 5.74) is 2.63. The number of rotatable bonds is 5. The van der Waals surface area contributed by atoms with Crippen LogP contribution in [0.25, 0.3) is 11.0 Å². The van der Waals surface area contributed by atoms with Gasteiger partial charge >= 0.3 is 17.7 Å². The van der Waals surface area contributed by atoms with Crippen molar-refractivity contribution in [2.24, 2.45) is 0 Å². The first kappa shape index (κ1) is 19.7. The molecule has 0 saturated carbocycles. The predicted octanol–water partition coefficient (Wildman–Crippen LogP) is 3.50. The molecule has 0 saturated heterocycles. The highest BCUT2D eigenvalue weighted by molar-refractivity contribution is 5.86. The van der Waals surface area contributed by atoms with Crippen LogP contribution in [-0.4, -0.2) is 18.1 Å². The van der Waals surface area contributed by atoms with E-state index in [4.69, 9.17) is 13.9 Å². The number of aryl methyl sites for hydroxylation is 1. The van der Waals surface area contributed by atoms with Crippen LogP contribution in [0.5, 0.6) is 5.75 Å². The lowest BCUT2D eigenvalue weighted by atomic mass is 10.1. The van der Waals surface area contributed by atoms with Crippen LogP contribution in [0.15, 0.2) is 57.7 Å². The number of benzene rings is 2. The minimum atomic E-state index is -0.920. The predicted molar refractivity (Wildman–Crippen MR) is 109 cm³/mol. The summed E-state index contributed by atoms with van der Waals surface area (Å²) in [7, 11) is 0. The smallest absolute Gasteiger partial charge is 0.408 e. The molecule has 1 amide bonds. The number of esters is 1. The first-order valence-electron chi connectivity index (χ1n) is 9.79. The highest BCUT2D eigenvalue weighted by Gasteiger charge is 2.22. The van der Waals surface area contributed by atoms with Crippen molar-refractivity contribution in [3.05, 3.63) is 75.6 Å². The molecule has 7 heteroatoms. The maximum Gasteiger partial charge on any atom is 0.408 e. The summed E-state index contributed by atoms with van der Waals surface area (Å²) >= 11 is 0. The Hall–Kier alpha value is -3.61. The molecule has 1 N–H and O–H groups in total. The number of carbonyl (C=O) groups is 2. The Balaban J connectivity index is 1.38. The Morgan fingerprint density at radius 3 is 2.67 bits per heavy atom. The van der Waals surface area contributed by atoms with Crippen LogP contribution in [0.4, 0.5) is 4.79 Å². The minimum Gasteiger partial charge on any atom is -0.445 e. The average molecular weight is 407 g/mol. The Bertz CT molecular complexity index is 1150. The van der Waals surface area contributed by atoms with Gasteiger partial charge in [-0.15, -0.1) is 0 Å². The van der Waals surface area contributed by atoms with Crippen LogP contribution in [0.1, 0.15) is 30.0 Å². The van der Waals surface area contributed by atoms with Gasteiger partial charge in [0.25, 0.3) is 0 Å². The van der Waals surface area contributed by atoms with Gasteiger partial charge in [-0.1, -0.05) is 30.3 Å². The number of hydrogen-bond acceptors (Lipinski definition) is 6. The largest absolute Gasteiger partial charge is 0.445 e. The van der Waals surface area contributed by atoms with Gasteiger partial charge < -0.3 is 19.2 Å². The van der Waals surface area contributed by atoms with Gasteiger partial charge in [0, 0.05) is 17.0 Å². The molecule has 0 spiro atoms. The summed E-state index contributed by atoms with van der Waals surface area (Å²) in [6, 6.07) is 13.3.